The van der Waals surface area contributed by atoms with Crippen LogP contribution in [0.1, 0.15) is 39.5 Å². The highest BCUT2D eigenvalue weighted by molar-refractivity contribution is 5.79. The Labute approximate surface area is 80.1 Å². The molecule has 1 saturated carbocycles. The van der Waals surface area contributed by atoms with Crippen molar-refractivity contribution in [3.05, 3.63) is 0 Å². The van der Waals surface area contributed by atoms with E-state index in [0.29, 0.717) is 6.04 Å². The van der Waals surface area contributed by atoms with Crippen LogP contribution in [0.2, 0.25) is 0 Å². The van der Waals surface area contributed by atoms with E-state index < -0.39 is 0 Å². The van der Waals surface area contributed by atoms with Crippen LogP contribution in [-0.4, -0.2) is 18.0 Å². The third-order valence-corrected chi connectivity index (χ3v) is 2.75. The second-order valence-electron chi connectivity index (χ2n) is 3.92. The Kier molecular flexibility index (Phi) is 3.72. The smallest absolute Gasteiger partial charge is 0.234 e. The summed E-state index contributed by atoms with van der Waals surface area (Å²) in [6.07, 6.45) is 4.52. The first kappa shape index (κ1) is 10.5. The summed E-state index contributed by atoms with van der Waals surface area (Å²) in [7, 11) is 0. The van der Waals surface area contributed by atoms with Gasteiger partial charge < -0.3 is 11.1 Å². The molecular formula is C10H20N2O. The number of nitrogens with one attached hydrogen (secondary N) is 1. The number of carbonyl (C=O) groups is 1. The Balaban J connectivity index is 2.21. The Morgan fingerprint density at radius 1 is 1.62 bits per heavy atom. The maximum Gasteiger partial charge on any atom is 0.234 e. The lowest BCUT2D eigenvalue weighted by Crippen LogP contribution is -2.42. The molecule has 0 aromatic carbocycles. The zero-order chi connectivity index (χ0) is 9.84. The molecule has 3 atom stereocenters. The first-order valence-electron chi connectivity index (χ1n) is 5.24. The van der Waals surface area contributed by atoms with Crippen LogP contribution in [0.25, 0.3) is 0 Å². The molecule has 76 valence electrons. The molecule has 3 unspecified atom stereocenters. The van der Waals surface area contributed by atoms with Crippen LogP contribution < -0.4 is 11.1 Å². The highest BCUT2D eigenvalue weighted by Crippen LogP contribution is 2.34. The molecule has 13 heavy (non-hydrogen) atoms. The van der Waals surface area contributed by atoms with Gasteiger partial charge in [-0.3, -0.25) is 4.79 Å². The largest absolute Gasteiger partial charge is 0.368 e. The van der Waals surface area contributed by atoms with Crippen LogP contribution in [0, 0.1) is 5.92 Å². The predicted molar refractivity (Wildman–Crippen MR) is 53.2 cm³/mol. The summed E-state index contributed by atoms with van der Waals surface area (Å²) in [4.78, 5) is 10.9. The summed E-state index contributed by atoms with van der Waals surface area (Å²) < 4.78 is 0. The average molecular weight is 184 g/mol. The van der Waals surface area contributed by atoms with Gasteiger partial charge in [0.1, 0.15) is 0 Å². The monoisotopic (exact) mass is 184 g/mol. The van der Waals surface area contributed by atoms with Crippen molar-refractivity contribution in [3.8, 4) is 0 Å². The molecule has 0 bridgehead atoms. The van der Waals surface area contributed by atoms with Crippen LogP contribution in [-0.2, 0) is 4.79 Å². The van der Waals surface area contributed by atoms with E-state index >= 15 is 0 Å². The molecule has 0 aliphatic heterocycles. The molecule has 0 aromatic heterocycles. The van der Waals surface area contributed by atoms with Crippen molar-refractivity contribution in [2.24, 2.45) is 11.7 Å². The zero-order valence-corrected chi connectivity index (χ0v) is 8.55. The molecule has 0 saturated heterocycles. The SMILES string of the molecule is CCCC1CC1NC(CC)C(N)=O. The van der Waals surface area contributed by atoms with Crippen molar-refractivity contribution < 1.29 is 4.79 Å². The van der Waals surface area contributed by atoms with E-state index in [2.05, 4.69) is 12.2 Å². The lowest BCUT2D eigenvalue weighted by atomic mass is 10.2. The van der Waals surface area contributed by atoms with Gasteiger partial charge in [0.25, 0.3) is 0 Å². The second-order valence-corrected chi connectivity index (χ2v) is 3.92. The van der Waals surface area contributed by atoms with Gasteiger partial charge in [-0.25, -0.2) is 0 Å². The van der Waals surface area contributed by atoms with Crippen LogP contribution in [0.4, 0.5) is 0 Å². The van der Waals surface area contributed by atoms with Crippen LogP contribution in [0.5, 0.6) is 0 Å². The van der Waals surface area contributed by atoms with Gasteiger partial charge in [0.2, 0.25) is 5.91 Å². The Hall–Kier alpha value is -0.570. The quantitative estimate of drug-likeness (QED) is 0.647. The number of primary amides is 1. The maximum absolute atomic E-state index is 10.9. The third-order valence-electron chi connectivity index (χ3n) is 2.75. The molecule has 1 amide bonds. The number of rotatable bonds is 6. The van der Waals surface area contributed by atoms with Crippen LogP contribution >= 0.6 is 0 Å². The summed E-state index contributed by atoms with van der Waals surface area (Å²) in [6.45, 7) is 4.18. The van der Waals surface area contributed by atoms with E-state index in [9.17, 15) is 4.79 Å². The fraction of sp³-hybridized carbons (Fsp3) is 0.900. The van der Waals surface area contributed by atoms with Crippen molar-refractivity contribution in [2.75, 3.05) is 0 Å². The number of hydrogen-bond acceptors (Lipinski definition) is 2. The normalized spacial score (nSPS) is 28.5. The lowest BCUT2D eigenvalue weighted by Gasteiger charge is -2.12. The molecule has 3 heteroatoms. The molecule has 1 rings (SSSR count). The van der Waals surface area contributed by atoms with Crippen molar-refractivity contribution >= 4 is 5.91 Å². The Morgan fingerprint density at radius 3 is 2.77 bits per heavy atom. The first-order chi connectivity index (χ1) is 6.19. The topological polar surface area (TPSA) is 55.1 Å². The maximum atomic E-state index is 10.9. The summed E-state index contributed by atoms with van der Waals surface area (Å²) in [5.41, 5.74) is 5.24. The summed E-state index contributed by atoms with van der Waals surface area (Å²) in [5.74, 6) is 0.572. The molecule has 0 radical (unpaired) electrons. The van der Waals surface area contributed by atoms with E-state index in [1.54, 1.807) is 0 Å². The first-order valence-corrected chi connectivity index (χ1v) is 5.24. The molecule has 0 spiro atoms. The minimum atomic E-state index is -0.218. The van der Waals surface area contributed by atoms with Gasteiger partial charge in [-0.1, -0.05) is 20.3 Å². The minimum absolute atomic E-state index is 0.119. The fourth-order valence-corrected chi connectivity index (χ4v) is 1.80. The molecule has 1 fully saturated rings. The molecular weight excluding hydrogens is 164 g/mol. The zero-order valence-electron chi connectivity index (χ0n) is 8.55. The molecule has 1 aliphatic rings. The molecule has 0 aromatic rings. The van der Waals surface area contributed by atoms with Crippen molar-refractivity contribution in [1.29, 1.82) is 0 Å². The molecule has 1 aliphatic carbocycles. The molecule has 0 heterocycles. The summed E-state index contributed by atoms with van der Waals surface area (Å²) in [5, 5.41) is 3.30. The number of carbonyl (C=O) groups excluding carboxylic acids is 1. The van der Waals surface area contributed by atoms with Gasteiger partial charge in [0.05, 0.1) is 6.04 Å². The summed E-state index contributed by atoms with van der Waals surface area (Å²) >= 11 is 0. The molecule has 3 N–H and O–H groups in total. The van der Waals surface area contributed by atoms with E-state index in [4.69, 9.17) is 5.73 Å². The van der Waals surface area contributed by atoms with Gasteiger partial charge in [-0.15, -0.1) is 0 Å². The average Bonchev–Trinajstić information content (AvgIpc) is 2.79. The van der Waals surface area contributed by atoms with Crippen molar-refractivity contribution in [2.45, 2.75) is 51.6 Å². The van der Waals surface area contributed by atoms with E-state index in [1.165, 1.54) is 19.3 Å². The minimum Gasteiger partial charge on any atom is -0.368 e. The van der Waals surface area contributed by atoms with Crippen LogP contribution in [0.3, 0.4) is 0 Å². The van der Waals surface area contributed by atoms with E-state index in [-0.39, 0.29) is 11.9 Å². The van der Waals surface area contributed by atoms with Gasteiger partial charge in [0.15, 0.2) is 0 Å². The second kappa shape index (κ2) is 4.61. The Bertz CT molecular complexity index is 182. The van der Waals surface area contributed by atoms with Gasteiger partial charge in [-0.05, 0) is 25.2 Å². The standard InChI is InChI=1S/C10H20N2O/c1-3-5-7-6-9(7)12-8(4-2)10(11)13/h7-9,12H,3-6H2,1-2H3,(H2,11,13). The predicted octanol–water partition coefficient (Wildman–Crippen LogP) is 1.03. The Morgan fingerprint density at radius 2 is 2.31 bits per heavy atom. The van der Waals surface area contributed by atoms with E-state index in [1.807, 2.05) is 6.92 Å². The van der Waals surface area contributed by atoms with E-state index in [0.717, 1.165) is 12.3 Å². The molecule has 3 nitrogen and oxygen atoms in total. The fourth-order valence-electron chi connectivity index (χ4n) is 1.80. The summed E-state index contributed by atoms with van der Waals surface area (Å²) in [6, 6.07) is 0.434. The van der Waals surface area contributed by atoms with Gasteiger partial charge in [-0.2, -0.15) is 0 Å². The third kappa shape index (κ3) is 2.99. The van der Waals surface area contributed by atoms with Gasteiger partial charge >= 0.3 is 0 Å². The highest BCUT2D eigenvalue weighted by atomic mass is 16.1. The number of hydrogen-bond donors (Lipinski definition) is 2. The number of nitrogens with two attached hydrogens (primary N) is 1. The van der Waals surface area contributed by atoms with Gasteiger partial charge in [0, 0.05) is 6.04 Å². The number of amides is 1. The highest BCUT2D eigenvalue weighted by Gasteiger charge is 2.37. The van der Waals surface area contributed by atoms with Crippen LogP contribution in [0.15, 0.2) is 0 Å². The van der Waals surface area contributed by atoms with Crippen molar-refractivity contribution in [3.63, 3.8) is 0 Å². The van der Waals surface area contributed by atoms with Crippen molar-refractivity contribution in [1.82, 2.24) is 5.32 Å². The lowest BCUT2D eigenvalue weighted by molar-refractivity contribution is -0.120.